The van der Waals surface area contributed by atoms with Crippen molar-refractivity contribution in [1.29, 1.82) is 0 Å². The van der Waals surface area contributed by atoms with Gasteiger partial charge in [0.25, 0.3) is 0 Å². The number of carbonyl (C=O) groups is 1. The SMILES string of the molecule is CCCC(CCC)C(=O)NC12CC(C1)C2. The maximum Gasteiger partial charge on any atom is 0.223 e. The zero-order valence-corrected chi connectivity index (χ0v) is 10.0. The summed E-state index contributed by atoms with van der Waals surface area (Å²) in [6, 6.07) is 0. The number of hydrogen-bond donors (Lipinski definition) is 1. The molecule has 0 aromatic heterocycles. The summed E-state index contributed by atoms with van der Waals surface area (Å²) >= 11 is 0. The Kier molecular flexibility index (Phi) is 3.03. The van der Waals surface area contributed by atoms with Gasteiger partial charge in [0.1, 0.15) is 0 Å². The molecule has 0 aromatic carbocycles. The Balaban J connectivity index is 1.80. The predicted octanol–water partition coefficient (Wildman–Crippen LogP) is 2.87. The molecule has 3 aliphatic carbocycles. The number of nitrogens with one attached hydrogen (secondary N) is 1. The van der Waals surface area contributed by atoms with Crippen molar-refractivity contribution < 1.29 is 4.79 Å². The first-order valence-electron chi connectivity index (χ1n) is 6.51. The fourth-order valence-corrected chi connectivity index (χ4v) is 3.10. The number of amides is 1. The second-order valence-electron chi connectivity index (χ2n) is 5.52. The minimum Gasteiger partial charge on any atom is -0.350 e. The number of rotatable bonds is 6. The van der Waals surface area contributed by atoms with Crippen molar-refractivity contribution in [2.24, 2.45) is 11.8 Å². The van der Waals surface area contributed by atoms with Crippen LogP contribution >= 0.6 is 0 Å². The van der Waals surface area contributed by atoms with Crippen LogP contribution in [0, 0.1) is 11.8 Å². The minimum absolute atomic E-state index is 0.265. The fraction of sp³-hybridized carbons (Fsp3) is 0.923. The summed E-state index contributed by atoms with van der Waals surface area (Å²) in [5.74, 6) is 1.55. The third-order valence-corrected chi connectivity index (χ3v) is 4.07. The van der Waals surface area contributed by atoms with E-state index in [-0.39, 0.29) is 11.5 Å². The van der Waals surface area contributed by atoms with Gasteiger partial charge in [-0.25, -0.2) is 0 Å². The summed E-state index contributed by atoms with van der Waals surface area (Å²) in [5.41, 5.74) is 0.265. The Labute approximate surface area is 92.8 Å². The van der Waals surface area contributed by atoms with Crippen molar-refractivity contribution in [1.82, 2.24) is 5.32 Å². The van der Waals surface area contributed by atoms with Gasteiger partial charge in [0, 0.05) is 11.5 Å². The molecule has 15 heavy (non-hydrogen) atoms. The molecule has 0 spiro atoms. The lowest BCUT2D eigenvalue weighted by molar-refractivity contribution is -0.137. The Morgan fingerprint density at radius 3 is 2.13 bits per heavy atom. The molecule has 0 aromatic rings. The highest BCUT2D eigenvalue weighted by atomic mass is 16.2. The second kappa shape index (κ2) is 4.15. The lowest BCUT2D eigenvalue weighted by atomic mass is 9.50. The fourth-order valence-electron chi connectivity index (χ4n) is 3.10. The van der Waals surface area contributed by atoms with Crippen molar-refractivity contribution in [2.75, 3.05) is 0 Å². The van der Waals surface area contributed by atoms with E-state index in [9.17, 15) is 4.79 Å². The van der Waals surface area contributed by atoms with Gasteiger partial charge in [0.15, 0.2) is 0 Å². The lowest BCUT2D eigenvalue weighted by Crippen LogP contribution is -2.68. The summed E-state index contributed by atoms with van der Waals surface area (Å²) in [5, 5.41) is 3.29. The molecule has 0 aliphatic heterocycles. The first kappa shape index (κ1) is 11.0. The third kappa shape index (κ3) is 2.04. The van der Waals surface area contributed by atoms with E-state index in [2.05, 4.69) is 19.2 Å². The van der Waals surface area contributed by atoms with Gasteiger partial charge in [-0.2, -0.15) is 0 Å². The van der Waals surface area contributed by atoms with Crippen molar-refractivity contribution >= 4 is 5.91 Å². The molecular formula is C13H23NO. The average molecular weight is 209 g/mol. The highest BCUT2D eigenvalue weighted by molar-refractivity contribution is 5.79. The molecule has 3 saturated carbocycles. The maximum atomic E-state index is 12.0. The van der Waals surface area contributed by atoms with Crippen LogP contribution in [0.15, 0.2) is 0 Å². The molecule has 0 radical (unpaired) electrons. The molecule has 0 heterocycles. The quantitative estimate of drug-likeness (QED) is 0.716. The molecule has 3 fully saturated rings. The maximum absolute atomic E-state index is 12.0. The van der Waals surface area contributed by atoms with Crippen LogP contribution < -0.4 is 5.32 Å². The molecular weight excluding hydrogens is 186 g/mol. The van der Waals surface area contributed by atoms with E-state index in [4.69, 9.17) is 0 Å². The van der Waals surface area contributed by atoms with Crippen molar-refractivity contribution in [3.8, 4) is 0 Å². The van der Waals surface area contributed by atoms with Crippen molar-refractivity contribution in [3.05, 3.63) is 0 Å². The van der Waals surface area contributed by atoms with Gasteiger partial charge in [-0.05, 0) is 38.0 Å². The Hall–Kier alpha value is -0.530. The molecule has 0 saturated heterocycles. The van der Waals surface area contributed by atoms with E-state index < -0.39 is 0 Å². The highest BCUT2D eigenvalue weighted by Crippen LogP contribution is 2.57. The van der Waals surface area contributed by atoms with Gasteiger partial charge >= 0.3 is 0 Å². The van der Waals surface area contributed by atoms with Crippen LogP contribution in [0.2, 0.25) is 0 Å². The molecule has 2 heteroatoms. The average Bonchev–Trinajstić information content (AvgIpc) is 2.08. The summed E-state index contributed by atoms with van der Waals surface area (Å²) in [6.45, 7) is 4.33. The van der Waals surface area contributed by atoms with Gasteiger partial charge in [-0.3, -0.25) is 4.79 Å². The minimum atomic E-state index is 0.265. The molecule has 3 rings (SSSR count). The van der Waals surface area contributed by atoms with Gasteiger partial charge in [0.05, 0.1) is 0 Å². The van der Waals surface area contributed by atoms with E-state index >= 15 is 0 Å². The highest BCUT2D eigenvalue weighted by Gasteiger charge is 2.57. The summed E-state index contributed by atoms with van der Waals surface area (Å²) in [6.07, 6.45) is 8.11. The molecule has 86 valence electrons. The van der Waals surface area contributed by atoms with E-state index in [1.165, 1.54) is 19.3 Å². The molecule has 1 N–H and O–H groups in total. The number of carbonyl (C=O) groups excluding carboxylic acids is 1. The molecule has 2 bridgehead atoms. The van der Waals surface area contributed by atoms with Crippen LogP contribution in [-0.4, -0.2) is 11.4 Å². The van der Waals surface area contributed by atoms with Crippen LogP contribution in [0.5, 0.6) is 0 Å². The van der Waals surface area contributed by atoms with E-state index in [1.54, 1.807) is 0 Å². The smallest absolute Gasteiger partial charge is 0.223 e. The van der Waals surface area contributed by atoms with Gasteiger partial charge in [-0.15, -0.1) is 0 Å². The van der Waals surface area contributed by atoms with Gasteiger partial charge < -0.3 is 5.32 Å². The summed E-state index contributed by atoms with van der Waals surface area (Å²) in [7, 11) is 0. The van der Waals surface area contributed by atoms with E-state index in [0.29, 0.717) is 5.91 Å². The Morgan fingerprint density at radius 1 is 1.27 bits per heavy atom. The van der Waals surface area contributed by atoms with E-state index in [0.717, 1.165) is 31.6 Å². The Bertz CT molecular complexity index is 226. The van der Waals surface area contributed by atoms with Crippen LogP contribution in [0.25, 0.3) is 0 Å². The normalized spacial score (nSPS) is 32.1. The molecule has 2 nitrogen and oxygen atoms in total. The largest absolute Gasteiger partial charge is 0.350 e. The standard InChI is InChI=1S/C13H23NO/c1-3-5-11(6-4-2)12(15)14-13-7-10(8-13)9-13/h10-11H,3-9H2,1-2H3,(H,14,15). The predicted molar refractivity (Wildman–Crippen MR) is 61.5 cm³/mol. The molecule has 0 atom stereocenters. The van der Waals surface area contributed by atoms with Gasteiger partial charge in [0.2, 0.25) is 5.91 Å². The van der Waals surface area contributed by atoms with Crippen LogP contribution in [0.4, 0.5) is 0 Å². The van der Waals surface area contributed by atoms with Crippen LogP contribution in [0.3, 0.4) is 0 Å². The van der Waals surface area contributed by atoms with Crippen molar-refractivity contribution in [2.45, 2.75) is 64.3 Å². The van der Waals surface area contributed by atoms with Crippen LogP contribution in [0.1, 0.15) is 58.8 Å². The van der Waals surface area contributed by atoms with Crippen molar-refractivity contribution in [3.63, 3.8) is 0 Å². The topological polar surface area (TPSA) is 29.1 Å². The molecule has 3 aliphatic rings. The summed E-state index contributed by atoms with van der Waals surface area (Å²) < 4.78 is 0. The van der Waals surface area contributed by atoms with Crippen LogP contribution in [-0.2, 0) is 4.79 Å². The first-order chi connectivity index (χ1) is 7.19. The molecule has 0 unspecified atom stereocenters. The van der Waals surface area contributed by atoms with E-state index in [1.807, 2.05) is 0 Å². The van der Waals surface area contributed by atoms with Gasteiger partial charge in [-0.1, -0.05) is 26.7 Å². The first-order valence-corrected chi connectivity index (χ1v) is 6.51. The number of hydrogen-bond acceptors (Lipinski definition) is 1. The summed E-state index contributed by atoms with van der Waals surface area (Å²) in [4.78, 5) is 12.0. The second-order valence-corrected chi connectivity index (χ2v) is 5.52. The molecule has 1 amide bonds. The zero-order chi connectivity index (χ0) is 10.9. The Morgan fingerprint density at radius 2 is 1.80 bits per heavy atom. The third-order valence-electron chi connectivity index (χ3n) is 4.07. The lowest BCUT2D eigenvalue weighted by Gasteiger charge is -2.62. The zero-order valence-electron chi connectivity index (χ0n) is 10.0. The monoisotopic (exact) mass is 209 g/mol.